The molecular formula is C22H35N3O2. The zero-order valence-electron chi connectivity index (χ0n) is 17.0. The largest absolute Gasteiger partial charge is 0.450 e. The van der Waals surface area contributed by atoms with Crippen molar-refractivity contribution in [2.24, 2.45) is 0 Å². The fourth-order valence-electron chi connectivity index (χ4n) is 4.44. The molecule has 5 heteroatoms. The van der Waals surface area contributed by atoms with E-state index in [2.05, 4.69) is 47.2 Å². The number of carbonyl (C=O) groups excluding carboxylic acids is 1. The number of piperidine rings is 2. The Kier molecular flexibility index (Phi) is 7.53. The van der Waals surface area contributed by atoms with E-state index in [1.165, 1.54) is 24.9 Å². The van der Waals surface area contributed by atoms with Crippen LogP contribution in [0.3, 0.4) is 0 Å². The molecule has 1 atom stereocenters. The van der Waals surface area contributed by atoms with Gasteiger partial charge in [-0.05, 0) is 58.2 Å². The van der Waals surface area contributed by atoms with Gasteiger partial charge < -0.3 is 14.5 Å². The van der Waals surface area contributed by atoms with Crippen molar-refractivity contribution in [2.45, 2.75) is 51.1 Å². The highest BCUT2D eigenvalue weighted by molar-refractivity contribution is 5.67. The average molecular weight is 374 g/mol. The molecule has 0 unspecified atom stereocenters. The van der Waals surface area contributed by atoms with Crippen molar-refractivity contribution in [1.29, 1.82) is 0 Å². The topological polar surface area (TPSA) is 36.0 Å². The molecule has 0 aromatic heterocycles. The number of nitrogens with zero attached hydrogens (tertiary/aromatic N) is 3. The maximum absolute atomic E-state index is 11.9. The fraction of sp³-hybridized carbons (Fsp3) is 0.682. The molecule has 0 N–H and O–H groups in total. The van der Waals surface area contributed by atoms with Gasteiger partial charge in [-0.1, -0.05) is 30.3 Å². The number of hydrogen-bond acceptors (Lipinski definition) is 4. The zero-order valence-corrected chi connectivity index (χ0v) is 17.0. The molecule has 0 bridgehead atoms. The van der Waals surface area contributed by atoms with Gasteiger partial charge in [-0.3, -0.25) is 4.90 Å². The molecular weight excluding hydrogens is 338 g/mol. The van der Waals surface area contributed by atoms with Gasteiger partial charge in [0, 0.05) is 38.3 Å². The van der Waals surface area contributed by atoms with Crippen LogP contribution in [0.1, 0.15) is 38.2 Å². The second-order valence-electron chi connectivity index (χ2n) is 7.92. The Morgan fingerprint density at radius 1 is 1.15 bits per heavy atom. The second kappa shape index (κ2) is 10.1. The summed E-state index contributed by atoms with van der Waals surface area (Å²) in [6.45, 7) is 7.46. The van der Waals surface area contributed by atoms with Crippen LogP contribution >= 0.6 is 0 Å². The highest BCUT2D eigenvalue weighted by Gasteiger charge is 2.31. The number of likely N-dealkylation sites (N-methyl/N-ethyl adjacent to an activating group) is 1. The number of rotatable bonds is 6. The summed E-state index contributed by atoms with van der Waals surface area (Å²) in [6.07, 6.45) is 5.68. The first-order valence-electron chi connectivity index (χ1n) is 10.6. The Bertz CT molecular complexity index is 572. The summed E-state index contributed by atoms with van der Waals surface area (Å²) in [7, 11) is 2.28. The molecule has 0 radical (unpaired) electrons. The highest BCUT2D eigenvalue weighted by Crippen LogP contribution is 2.23. The quantitative estimate of drug-likeness (QED) is 0.767. The minimum atomic E-state index is -0.145. The van der Waals surface area contributed by atoms with Gasteiger partial charge >= 0.3 is 6.09 Å². The van der Waals surface area contributed by atoms with E-state index in [1.54, 1.807) is 0 Å². The van der Waals surface area contributed by atoms with Gasteiger partial charge in [0.1, 0.15) is 0 Å². The average Bonchev–Trinajstić information content (AvgIpc) is 2.73. The van der Waals surface area contributed by atoms with Crippen molar-refractivity contribution in [3.05, 3.63) is 35.9 Å². The lowest BCUT2D eigenvalue weighted by Crippen LogP contribution is -2.53. The minimum Gasteiger partial charge on any atom is -0.450 e. The van der Waals surface area contributed by atoms with Crippen LogP contribution < -0.4 is 0 Å². The molecule has 150 valence electrons. The van der Waals surface area contributed by atoms with Crippen LogP contribution in [0.2, 0.25) is 0 Å². The minimum absolute atomic E-state index is 0.145. The molecule has 0 spiro atoms. The first kappa shape index (κ1) is 20.2. The van der Waals surface area contributed by atoms with E-state index in [4.69, 9.17) is 4.74 Å². The van der Waals surface area contributed by atoms with Crippen LogP contribution in [0, 0.1) is 0 Å². The molecule has 5 nitrogen and oxygen atoms in total. The van der Waals surface area contributed by atoms with Gasteiger partial charge in [-0.15, -0.1) is 0 Å². The molecule has 3 rings (SSSR count). The molecule has 1 aromatic carbocycles. The molecule has 2 aliphatic heterocycles. The lowest BCUT2D eigenvalue weighted by atomic mass is 9.97. The Morgan fingerprint density at radius 2 is 1.89 bits per heavy atom. The van der Waals surface area contributed by atoms with Crippen molar-refractivity contribution >= 4 is 6.09 Å². The van der Waals surface area contributed by atoms with Crippen LogP contribution in [0.25, 0.3) is 0 Å². The van der Waals surface area contributed by atoms with Crippen LogP contribution in [0.15, 0.2) is 30.3 Å². The second-order valence-corrected chi connectivity index (χ2v) is 7.92. The molecule has 1 aromatic rings. The summed E-state index contributed by atoms with van der Waals surface area (Å²) in [5.41, 5.74) is 1.42. The van der Waals surface area contributed by atoms with Gasteiger partial charge in [0.05, 0.1) is 6.61 Å². The van der Waals surface area contributed by atoms with E-state index < -0.39 is 0 Å². The fourth-order valence-corrected chi connectivity index (χ4v) is 4.44. The summed E-state index contributed by atoms with van der Waals surface area (Å²) >= 11 is 0. The summed E-state index contributed by atoms with van der Waals surface area (Å²) in [5.74, 6) is 0. The molecule has 0 aliphatic carbocycles. The predicted octanol–water partition coefficient (Wildman–Crippen LogP) is 3.25. The van der Waals surface area contributed by atoms with Crippen LogP contribution in [-0.2, 0) is 11.2 Å². The standard InChI is InChI=1S/C22H35N3O2/c1-3-27-22(26)24-16-12-20(13-17-24)25-14-7-10-21(18-25)23(2)15-11-19-8-5-4-6-9-19/h4-6,8-9,20-21H,3,7,10-18H2,1-2H3/t21-/m1/s1. The van der Waals surface area contributed by atoms with Crippen molar-refractivity contribution in [2.75, 3.05) is 46.4 Å². The lowest BCUT2D eigenvalue weighted by Gasteiger charge is -2.44. The van der Waals surface area contributed by atoms with Crippen molar-refractivity contribution < 1.29 is 9.53 Å². The SMILES string of the molecule is CCOC(=O)N1CCC(N2CCC[C@@H](N(C)CCc3ccccc3)C2)CC1. The first-order valence-corrected chi connectivity index (χ1v) is 10.6. The van der Waals surface area contributed by atoms with E-state index >= 15 is 0 Å². The molecule has 0 saturated carbocycles. The molecule has 2 heterocycles. The summed E-state index contributed by atoms with van der Waals surface area (Å²) < 4.78 is 5.14. The molecule has 2 saturated heterocycles. The van der Waals surface area contributed by atoms with Gasteiger partial charge in [-0.25, -0.2) is 4.79 Å². The van der Waals surface area contributed by atoms with E-state index in [9.17, 15) is 4.79 Å². The van der Waals surface area contributed by atoms with Crippen molar-refractivity contribution in [3.63, 3.8) is 0 Å². The number of likely N-dealkylation sites (tertiary alicyclic amines) is 2. The Hall–Kier alpha value is -1.59. The van der Waals surface area contributed by atoms with Crippen molar-refractivity contribution in [1.82, 2.24) is 14.7 Å². The highest BCUT2D eigenvalue weighted by atomic mass is 16.6. The van der Waals surface area contributed by atoms with Gasteiger partial charge in [0.2, 0.25) is 0 Å². The van der Waals surface area contributed by atoms with Crippen LogP contribution in [-0.4, -0.2) is 79.3 Å². The van der Waals surface area contributed by atoms with Gasteiger partial charge in [0.15, 0.2) is 0 Å². The molecule has 1 amide bonds. The van der Waals surface area contributed by atoms with Crippen LogP contribution in [0.4, 0.5) is 4.79 Å². The smallest absolute Gasteiger partial charge is 0.409 e. The van der Waals surface area contributed by atoms with Crippen molar-refractivity contribution in [3.8, 4) is 0 Å². The molecule has 2 fully saturated rings. The maximum Gasteiger partial charge on any atom is 0.409 e. The Balaban J connectivity index is 1.44. The number of hydrogen-bond donors (Lipinski definition) is 0. The van der Waals surface area contributed by atoms with Crippen LogP contribution in [0.5, 0.6) is 0 Å². The Labute approximate surface area is 164 Å². The Morgan fingerprint density at radius 3 is 2.59 bits per heavy atom. The third kappa shape index (κ3) is 5.69. The summed E-state index contributed by atoms with van der Waals surface area (Å²) in [5, 5.41) is 0. The predicted molar refractivity (Wildman–Crippen MR) is 109 cm³/mol. The first-order chi connectivity index (χ1) is 13.2. The van der Waals surface area contributed by atoms with E-state index in [1.807, 2.05) is 11.8 Å². The normalized spacial score (nSPS) is 22.2. The maximum atomic E-state index is 11.9. The van der Waals surface area contributed by atoms with Gasteiger partial charge in [0.25, 0.3) is 0 Å². The van der Waals surface area contributed by atoms with E-state index in [0.717, 1.165) is 45.4 Å². The number of ether oxygens (including phenoxy) is 1. The monoisotopic (exact) mass is 373 g/mol. The number of amides is 1. The third-order valence-corrected chi connectivity index (χ3v) is 6.15. The number of carbonyl (C=O) groups is 1. The summed E-state index contributed by atoms with van der Waals surface area (Å²) in [6, 6.07) is 12.0. The molecule has 27 heavy (non-hydrogen) atoms. The lowest BCUT2D eigenvalue weighted by molar-refractivity contribution is 0.0455. The summed E-state index contributed by atoms with van der Waals surface area (Å²) in [4.78, 5) is 19.0. The van der Waals surface area contributed by atoms with E-state index in [-0.39, 0.29) is 6.09 Å². The van der Waals surface area contributed by atoms with Gasteiger partial charge in [-0.2, -0.15) is 0 Å². The zero-order chi connectivity index (χ0) is 19.1. The third-order valence-electron chi connectivity index (χ3n) is 6.15. The molecule has 2 aliphatic rings. The number of benzene rings is 1. The van der Waals surface area contributed by atoms with E-state index in [0.29, 0.717) is 18.7 Å².